The average molecular weight is 251 g/mol. The smallest absolute Gasteiger partial charge is 0.267 e. The van der Waals surface area contributed by atoms with Crippen molar-refractivity contribution < 1.29 is 13.2 Å². The van der Waals surface area contributed by atoms with Crippen molar-refractivity contribution in [1.82, 2.24) is 10.3 Å². The third kappa shape index (κ3) is 3.24. The Hall–Kier alpha value is -1.01. The molecule has 1 amide bonds. The zero-order chi connectivity index (χ0) is 11.5. The van der Waals surface area contributed by atoms with E-state index >= 15 is 0 Å². The van der Waals surface area contributed by atoms with E-state index in [0.29, 0.717) is 6.54 Å². The SMILES string of the molecule is CCCNC(=O)c1cc(S(=O)(=O)Cl)c[nH]1. The largest absolute Gasteiger partial charge is 0.356 e. The summed E-state index contributed by atoms with van der Waals surface area (Å²) in [5.41, 5.74) is 0.183. The Morgan fingerprint density at radius 3 is 2.73 bits per heavy atom. The van der Waals surface area contributed by atoms with Gasteiger partial charge in [-0.2, -0.15) is 0 Å². The fourth-order valence-corrected chi connectivity index (χ4v) is 1.71. The fourth-order valence-electron chi connectivity index (χ4n) is 0.980. The number of H-pyrrole nitrogens is 1. The molecule has 0 bridgehead atoms. The molecule has 5 nitrogen and oxygen atoms in total. The molecule has 1 heterocycles. The molecule has 7 heteroatoms. The van der Waals surface area contributed by atoms with E-state index in [9.17, 15) is 13.2 Å². The number of carbonyl (C=O) groups is 1. The van der Waals surface area contributed by atoms with E-state index in [2.05, 4.69) is 10.3 Å². The molecule has 0 atom stereocenters. The molecule has 0 aliphatic carbocycles. The first-order chi connectivity index (χ1) is 6.95. The zero-order valence-electron chi connectivity index (χ0n) is 8.08. The predicted octanol–water partition coefficient (Wildman–Crippen LogP) is 1.08. The number of hydrogen-bond donors (Lipinski definition) is 2. The topological polar surface area (TPSA) is 79.0 Å². The molecule has 15 heavy (non-hydrogen) atoms. The fraction of sp³-hybridized carbons (Fsp3) is 0.375. The maximum Gasteiger partial charge on any atom is 0.267 e. The van der Waals surface area contributed by atoms with Crippen molar-refractivity contribution in [3.8, 4) is 0 Å². The highest BCUT2D eigenvalue weighted by molar-refractivity contribution is 8.13. The molecule has 0 radical (unpaired) electrons. The lowest BCUT2D eigenvalue weighted by molar-refractivity contribution is 0.0949. The summed E-state index contributed by atoms with van der Waals surface area (Å²) in [6.07, 6.45) is 2.00. The van der Waals surface area contributed by atoms with Crippen molar-refractivity contribution in [3.63, 3.8) is 0 Å². The molecule has 0 saturated carbocycles. The van der Waals surface area contributed by atoms with Crippen LogP contribution in [-0.2, 0) is 9.05 Å². The zero-order valence-corrected chi connectivity index (χ0v) is 9.65. The quantitative estimate of drug-likeness (QED) is 0.785. The molecule has 0 saturated heterocycles. The van der Waals surface area contributed by atoms with Crippen molar-refractivity contribution in [2.45, 2.75) is 18.2 Å². The van der Waals surface area contributed by atoms with Gasteiger partial charge in [-0.05, 0) is 12.5 Å². The number of halogens is 1. The molecule has 0 spiro atoms. The van der Waals surface area contributed by atoms with Gasteiger partial charge in [0.1, 0.15) is 10.6 Å². The lowest BCUT2D eigenvalue weighted by Gasteiger charge is -1.99. The van der Waals surface area contributed by atoms with Crippen molar-refractivity contribution >= 4 is 25.6 Å². The van der Waals surface area contributed by atoms with E-state index in [0.717, 1.165) is 6.42 Å². The van der Waals surface area contributed by atoms with Gasteiger partial charge in [-0.25, -0.2) is 8.42 Å². The first-order valence-corrected chi connectivity index (χ1v) is 6.67. The normalized spacial score (nSPS) is 11.3. The number of aromatic nitrogens is 1. The second-order valence-corrected chi connectivity index (χ2v) is 5.51. The van der Waals surface area contributed by atoms with Crippen LogP contribution in [0, 0.1) is 0 Å². The van der Waals surface area contributed by atoms with Crippen LogP contribution in [0.4, 0.5) is 0 Å². The Labute approximate surface area is 92.2 Å². The minimum absolute atomic E-state index is 0.106. The molecule has 0 fully saturated rings. The summed E-state index contributed by atoms with van der Waals surface area (Å²) in [7, 11) is 1.33. The summed E-state index contributed by atoms with van der Waals surface area (Å²) in [6.45, 7) is 2.46. The van der Waals surface area contributed by atoms with Crippen LogP contribution in [0.3, 0.4) is 0 Å². The summed E-state index contributed by atoms with van der Waals surface area (Å²) in [5.74, 6) is -0.344. The van der Waals surface area contributed by atoms with Crippen LogP contribution in [0.2, 0.25) is 0 Å². The van der Waals surface area contributed by atoms with Crippen LogP contribution in [0.25, 0.3) is 0 Å². The van der Waals surface area contributed by atoms with Gasteiger partial charge in [0.25, 0.3) is 15.0 Å². The summed E-state index contributed by atoms with van der Waals surface area (Å²) < 4.78 is 21.8. The number of nitrogens with one attached hydrogen (secondary N) is 2. The lowest BCUT2D eigenvalue weighted by Crippen LogP contribution is -2.24. The van der Waals surface area contributed by atoms with E-state index < -0.39 is 9.05 Å². The van der Waals surface area contributed by atoms with Gasteiger partial charge in [0.15, 0.2) is 0 Å². The second-order valence-electron chi connectivity index (χ2n) is 2.94. The number of rotatable bonds is 4. The van der Waals surface area contributed by atoms with Gasteiger partial charge in [0.2, 0.25) is 0 Å². The van der Waals surface area contributed by atoms with E-state index in [1.54, 1.807) is 0 Å². The van der Waals surface area contributed by atoms with E-state index in [1.807, 2.05) is 6.92 Å². The van der Waals surface area contributed by atoms with Crippen LogP contribution in [-0.4, -0.2) is 25.9 Å². The number of hydrogen-bond acceptors (Lipinski definition) is 3. The van der Waals surface area contributed by atoms with Crippen molar-refractivity contribution in [1.29, 1.82) is 0 Å². The summed E-state index contributed by atoms with van der Waals surface area (Å²) in [4.78, 5) is 13.8. The molecule has 0 aliphatic heterocycles. The standard InChI is InChI=1S/C8H11ClN2O3S/c1-2-3-10-8(12)7-4-6(5-11-7)15(9,13)14/h4-5,11H,2-3H2,1H3,(H,10,12). The van der Waals surface area contributed by atoms with Crippen molar-refractivity contribution in [2.75, 3.05) is 6.54 Å². The van der Waals surface area contributed by atoms with Gasteiger partial charge in [0, 0.05) is 23.4 Å². The second kappa shape index (κ2) is 4.67. The highest BCUT2D eigenvalue weighted by atomic mass is 35.7. The molecular weight excluding hydrogens is 240 g/mol. The molecule has 84 valence electrons. The van der Waals surface area contributed by atoms with Gasteiger partial charge < -0.3 is 10.3 Å². The van der Waals surface area contributed by atoms with Crippen LogP contribution >= 0.6 is 10.7 Å². The van der Waals surface area contributed by atoms with Crippen molar-refractivity contribution in [2.24, 2.45) is 0 Å². The first kappa shape index (κ1) is 12.1. The van der Waals surface area contributed by atoms with Gasteiger partial charge in [-0.1, -0.05) is 6.92 Å². The van der Waals surface area contributed by atoms with Crippen LogP contribution in [0.15, 0.2) is 17.2 Å². The molecule has 0 unspecified atom stereocenters. The number of carbonyl (C=O) groups excluding carboxylic acids is 1. The van der Waals surface area contributed by atoms with Crippen LogP contribution < -0.4 is 5.32 Å². The van der Waals surface area contributed by atoms with Crippen LogP contribution in [0.1, 0.15) is 23.8 Å². The summed E-state index contributed by atoms with van der Waals surface area (Å²) in [6, 6.07) is 1.20. The molecule has 1 rings (SSSR count). The Morgan fingerprint density at radius 1 is 1.60 bits per heavy atom. The maximum absolute atomic E-state index is 11.4. The third-order valence-electron chi connectivity index (χ3n) is 1.72. The Kier molecular flexibility index (Phi) is 3.76. The molecule has 1 aromatic heterocycles. The Bertz CT molecular complexity index is 452. The minimum Gasteiger partial charge on any atom is -0.356 e. The van der Waals surface area contributed by atoms with Gasteiger partial charge in [0.05, 0.1) is 0 Å². The lowest BCUT2D eigenvalue weighted by atomic mass is 10.4. The maximum atomic E-state index is 11.4. The average Bonchev–Trinajstić information content (AvgIpc) is 2.62. The highest BCUT2D eigenvalue weighted by Crippen LogP contribution is 2.15. The Morgan fingerprint density at radius 2 is 2.27 bits per heavy atom. The molecule has 2 N–H and O–H groups in total. The monoisotopic (exact) mass is 250 g/mol. The van der Waals surface area contributed by atoms with E-state index in [1.165, 1.54) is 12.3 Å². The number of amides is 1. The van der Waals surface area contributed by atoms with Crippen molar-refractivity contribution in [3.05, 3.63) is 18.0 Å². The molecular formula is C8H11ClN2O3S. The minimum atomic E-state index is -3.78. The Balaban J connectivity index is 2.81. The molecule has 1 aromatic rings. The van der Waals surface area contributed by atoms with E-state index in [4.69, 9.17) is 10.7 Å². The summed E-state index contributed by atoms with van der Waals surface area (Å²) >= 11 is 0. The highest BCUT2D eigenvalue weighted by Gasteiger charge is 2.15. The van der Waals surface area contributed by atoms with E-state index in [-0.39, 0.29) is 16.5 Å². The number of aromatic amines is 1. The van der Waals surface area contributed by atoms with Gasteiger partial charge >= 0.3 is 0 Å². The van der Waals surface area contributed by atoms with Gasteiger partial charge in [-0.15, -0.1) is 0 Å². The summed E-state index contributed by atoms with van der Waals surface area (Å²) in [5, 5.41) is 2.61. The molecule has 0 aromatic carbocycles. The third-order valence-corrected chi connectivity index (χ3v) is 3.05. The van der Waals surface area contributed by atoms with Crippen LogP contribution in [0.5, 0.6) is 0 Å². The van der Waals surface area contributed by atoms with Gasteiger partial charge in [-0.3, -0.25) is 4.79 Å². The first-order valence-electron chi connectivity index (χ1n) is 4.36. The molecule has 0 aliphatic rings. The predicted molar refractivity (Wildman–Crippen MR) is 56.5 cm³/mol.